The molecule has 3 aromatic carbocycles. The fraction of sp³-hybridized carbons (Fsp3) is 0.429. The zero-order valence-electron chi connectivity index (χ0n) is 37.0. The Kier molecular flexibility index (Phi) is 21.3. The number of esters is 6. The Morgan fingerprint density at radius 2 is 1.10 bits per heavy atom. The summed E-state index contributed by atoms with van der Waals surface area (Å²) in [7, 11) is 0. The number of halogens is 1. The molecule has 0 aliphatic rings. The molecule has 0 fully saturated rings. The van der Waals surface area contributed by atoms with Crippen LogP contribution >= 0.6 is 0 Å². The first kappa shape index (κ1) is 51.0. The van der Waals surface area contributed by atoms with Gasteiger partial charge >= 0.3 is 35.8 Å². The first-order chi connectivity index (χ1) is 30.1. The quantitative estimate of drug-likeness (QED) is 0.0235. The van der Waals surface area contributed by atoms with Crippen LogP contribution < -0.4 is 4.74 Å². The number of aryl methyl sites for hydroxylation is 1. The van der Waals surface area contributed by atoms with E-state index in [4.69, 9.17) is 33.2 Å². The second-order valence-corrected chi connectivity index (χ2v) is 15.2. The predicted octanol–water partition coefficient (Wildman–Crippen LogP) is 8.77. The SMILES string of the molecule is C=C(C)C(=O)OCc1cc(-c2ccc(CCCCCCC)cc2F)ccc1-c1ccc(OCC(COC(=O)CC(=O)OCC)(COC(=O)CC(=O)OCC)COC(=O)C(=C)C)cc1. The molecule has 0 radical (unpaired) electrons. The Morgan fingerprint density at radius 3 is 1.65 bits per heavy atom. The molecular formula is C49H59FO13. The van der Waals surface area contributed by atoms with Crippen LogP contribution in [0.4, 0.5) is 4.39 Å². The van der Waals surface area contributed by atoms with Crippen molar-refractivity contribution >= 4 is 35.8 Å². The summed E-state index contributed by atoms with van der Waals surface area (Å²) in [5.74, 6) is -5.00. The van der Waals surface area contributed by atoms with Gasteiger partial charge in [-0.3, -0.25) is 19.2 Å². The number of rotatable bonds is 27. The monoisotopic (exact) mass is 874 g/mol. The van der Waals surface area contributed by atoms with Gasteiger partial charge in [0.15, 0.2) is 0 Å². The van der Waals surface area contributed by atoms with Gasteiger partial charge in [0.25, 0.3) is 0 Å². The summed E-state index contributed by atoms with van der Waals surface area (Å²) in [5, 5.41) is 0. The lowest BCUT2D eigenvalue weighted by atomic mass is 9.92. The smallest absolute Gasteiger partial charge is 0.333 e. The number of unbranched alkanes of at least 4 members (excludes halogenated alkanes) is 4. The molecule has 3 rings (SSSR count). The number of benzene rings is 3. The van der Waals surface area contributed by atoms with Crippen LogP contribution in [0.2, 0.25) is 0 Å². The minimum absolute atomic E-state index is 0.0405. The van der Waals surface area contributed by atoms with E-state index in [0.29, 0.717) is 33.6 Å². The van der Waals surface area contributed by atoms with Gasteiger partial charge in [-0.2, -0.15) is 0 Å². The van der Waals surface area contributed by atoms with Crippen LogP contribution in [0.5, 0.6) is 5.75 Å². The van der Waals surface area contributed by atoms with Gasteiger partial charge in [0.2, 0.25) is 0 Å². The molecule has 0 heterocycles. The summed E-state index contributed by atoms with van der Waals surface area (Å²) in [6.45, 7) is 13.5. The summed E-state index contributed by atoms with van der Waals surface area (Å²) in [6.07, 6.45) is 4.95. The molecule has 0 aliphatic heterocycles. The van der Waals surface area contributed by atoms with Crippen LogP contribution in [0, 0.1) is 11.2 Å². The van der Waals surface area contributed by atoms with Crippen molar-refractivity contribution in [1.29, 1.82) is 0 Å². The minimum Gasteiger partial charge on any atom is -0.493 e. The fourth-order valence-corrected chi connectivity index (χ4v) is 6.10. The molecule has 0 amide bonds. The van der Waals surface area contributed by atoms with Gasteiger partial charge in [-0.1, -0.05) is 82.2 Å². The van der Waals surface area contributed by atoms with E-state index in [-0.39, 0.29) is 43.4 Å². The number of hydrogen-bond acceptors (Lipinski definition) is 13. The average molecular weight is 875 g/mol. The highest BCUT2D eigenvalue weighted by Crippen LogP contribution is 2.33. The molecule has 13 nitrogen and oxygen atoms in total. The maximum absolute atomic E-state index is 15.6. The normalized spacial score (nSPS) is 10.9. The Labute approximate surface area is 368 Å². The van der Waals surface area contributed by atoms with E-state index in [9.17, 15) is 28.8 Å². The predicted molar refractivity (Wildman–Crippen MR) is 232 cm³/mol. The summed E-state index contributed by atoms with van der Waals surface area (Å²) in [4.78, 5) is 74.2. The molecule has 0 unspecified atom stereocenters. The van der Waals surface area contributed by atoms with E-state index in [1.165, 1.54) is 13.3 Å². The van der Waals surface area contributed by atoms with Crippen molar-refractivity contribution in [2.75, 3.05) is 39.6 Å². The number of ether oxygens (including phenoxy) is 7. The second kappa shape index (κ2) is 26.2. The van der Waals surface area contributed by atoms with Gasteiger partial charge < -0.3 is 33.2 Å². The Hall–Kier alpha value is -6.31. The van der Waals surface area contributed by atoms with Crippen LogP contribution in [-0.4, -0.2) is 75.5 Å². The summed E-state index contributed by atoms with van der Waals surface area (Å²) < 4.78 is 53.2. The van der Waals surface area contributed by atoms with Gasteiger partial charge in [-0.05, 0) is 92.6 Å². The van der Waals surface area contributed by atoms with Crippen molar-refractivity contribution in [3.8, 4) is 28.0 Å². The van der Waals surface area contributed by atoms with E-state index in [2.05, 4.69) is 20.1 Å². The van der Waals surface area contributed by atoms with Crippen molar-refractivity contribution in [2.24, 2.45) is 5.41 Å². The summed E-state index contributed by atoms with van der Waals surface area (Å²) in [6, 6.07) is 17.4. The van der Waals surface area contributed by atoms with E-state index < -0.39 is 73.9 Å². The van der Waals surface area contributed by atoms with Gasteiger partial charge in [0, 0.05) is 16.7 Å². The van der Waals surface area contributed by atoms with E-state index in [1.54, 1.807) is 69.3 Å². The summed E-state index contributed by atoms with van der Waals surface area (Å²) in [5.41, 5.74) is 2.64. The lowest BCUT2D eigenvalue weighted by Gasteiger charge is -2.32. The van der Waals surface area contributed by atoms with Gasteiger partial charge in [-0.15, -0.1) is 0 Å². The average Bonchev–Trinajstić information content (AvgIpc) is 3.25. The van der Waals surface area contributed by atoms with Gasteiger partial charge in [0.1, 0.15) is 62.9 Å². The lowest BCUT2D eigenvalue weighted by Crippen LogP contribution is -2.44. The molecule has 63 heavy (non-hydrogen) atoms. The first-order valence-corrected chi connectivity index (χ1v) is 21.0. The molecule has 0 saturated heterocycles. The zero-order chi connectivity index (χ0) is 46.4. The van der Waals surface area contributed by atoms with Crippen molar-refractivity contribution in [3.63, 3.8) is 0 Å². The molecule has 0 atom stereocenters. The van der Waals surface area contributed by atoms with E-state index in [0.717, 1.165) is 37.7 Å². The number of carbonyl (C=O) groups is 6. The van der Waals surface area contributed by atoms with Crippen molar-refractivity contribution in [1.82, 2.24) is 0 Å². The largest absolute Gasteiger partial charge is 0.493 e. The maximum Gasteiger partial charge on any atom is 0.333 e. The van der Waals surface area contributed by atoms with E-state index in [1.807, 2.05) is 12.1 Å². The highest BCUT2D eigenvalue weighted by atomic mass is 19.1. The molecule has 3 aromatic rings. The molecule has 14 heteroatoms. The second-order valence-electron chi connectivity index (χ2n) is 15.2. The van der Waals surface area contributed by atoms with Crippen LogP contribution in [0.25, 0.3) is 22.3 Å². The first-order valence-electron chi connectivity index (χ1n) is 21.0. The maximum atomic E-state index is 15.6. The third-order valence-electron chi connectivity index (χ3n) is 9.56. The minimum atomic E-state index is -1.56. The third-order valence-corrected chi connectivity index (χ3v) is 9.56. The zero-order valence-corrected chi connectivity index (χ0v) is 37.0. The highest BCUT2D eigenvalue weighted by Gasteiger charge is 2.38. The highest BCUT2D eigenvalue weighted by molar-refractivity contribution is 5.92. The van der Waals surface area contributed by atoms with Crippen LogP contribution in [0.3, 0.4) is 0 Å². The van der Waals surface area contributed by atoms with Crippen molar-refractivity contribution in [2.45, 2.75) is 92.6 Å². The van der Waals surface area contributed by atoms with Crippen molar-refractivity contribution < 1.29 is 66.3 Å². The molecule has 0 aromatic heterocycles. The molecule has 0 aliphatic carbocycles. The van der Waals surface area contributed by atoms with Crippen molar-refractivity contribution in [3.05, 3.63) is 102 Å². The molecule has 0 N–H and O–H groups in total. The summed E-state index contributed by atoms with van der Waals surface area (Å²) >= 11 is 0. The standard InChI is InChI=1S/C49H59FO13/c1-8-11-12-13-14-15-35-16-22-41(42(50)24-35)37-19-23-40(38(25-37)28-59-47(55)33(4)5)36-17-20-39(21-18-36)60-29-49(32-63-48(56)34(6)7,30-61-45(53)26-43(51)57-9-2)31-62-46(54)27-44(52)58-10-3/h16-25H,4,6,8-15,26-32H2,1-3,5,7H3. The van der Waals surface area contributed by atoms with Crippen LogP contribution in [0.1, 0.15) is 90.7 Å². The van der Waals surface area contributed by atoms with Crippen LogP contribution in [-0.2, 0) is 70.2 Å². The number of hydrogen-bond donors (Lipinski definition) is 0. The van der Waals surface area contributed by atoms with Crippen LogP contribution in [0.15, 0.2) is 85.0 Å². The Bertz CT molecular complexity index is 2040. The lowest BCUT2D eigenvalue weighted by molar-refractivity contribution is -0.166. The fourth-order valence-electron chi connectivity index (χ4n) is 6.10. The molecule has 0 saturated carbocycles. The van der Waals surface area contributed by atoms with Gasteiger partial charge in [-0.25, -0.2) is 14.0 Å². The molecule has 0 spiro atoms. The third kappa shape index (κ3) is 17.5. The number of carbonyl (C=O) groups excluding carboxylic acids is 6. The Balaban J connectivity index is 1.93. The Morgan fingerprint density at radius 1 is 0.571 bits per heavy atom. The topological polar surface area (TPSA) is 167 Å². The molecule has 0 bridgehead atoms. The van der Waals surface area contributed by atoms with Gasteiger partial charge in [0.05, 0.1) is 13.2 Å². The van der Waals surface area contributed by atoms with E-state index >= 15 is 4.39 Å². The molecule has 340 valence electrons. The molecular weight excluding hydrogens is 816 g/mol.